The first-order chi connectivity index (χ1) is 14.1. The van der Waals surface area contributed by atoms with Crippen molar-refractivity contribution in [2.45, 2.75) is 38.2 Å². The van der Waals surface area contributed by atoms with Crippen molar-refractivity contribution in [1.29, 1.82) is 0 Å². The summed E-state index contributed by atoms with van der Waals surface area (Å²) in [5, 5.41) is 13.0. The topological polar surface area (TPSA) is 59.8 Å². The molecule has 30 heavy (non-hydrogen) atoms. The Kier molecular flexibility index (Phi) is 7.06. The van der Waals surface area contributed by atoms with Crippen molar-refractivity contribution < 1.29 is 9.18 Å². The second kappa shape index (κ2) is 9.37. The first-order valence-electron chi connectivity index (χ1n) is 9.20. The first-order valence-corrected chi connectivity index (χ1v) is 10.9. The molecule has 0 unspecified atom stereocenters. The Labute approximate surface area is 189 Å². The molecule has 5 nitrogen and oxygen atoms in total. The molecule has 0 aliphatic carbocycles. The van der Waals surface area contributed by atoms with Crippen molar-refractivity contribution in [2.24, 2.45) is 5.41 Å². The lowest BCUT2D eigenvalue weighted by atomic mass is 9.96. The van der Waals surface area contributed by atoms with Crippen LogP contribution in [0.4, 0.5) is 4.39 Å². The van der Waals surface area contributed by atoms with Crippen molar-refractivity contribution in [1.82, 2.24) is 20.1 Å². The van der Waals surface area contributed by atoms with E-state index in [1.165, 1.54) is 23.9 Å². The second-order valence-corrected chi connectivity index (χ2v) is 9.46. The lowest BCUT2D eigenvalue weighted by molar-refractivity contribution is -0.128. The van der Waals surface area contributed by atoms with E-state index in [0.29, 0.717) is 32.5 Å². The fourth-order valence-corrected chi connectivity index (χ4v) is 3.98. The Morgan fingerprint density at radius 2 is 1.83 bits per heavy atom. The lowest BCUT2D eigenvalue weighted by Gasteiger charge is -2.18. The van der Waals surface area contributed by atoms with E-state index in [2.05, 4.69) is 15.5 Å². The molecule has 0 spiro atoms. The highest BCUT2D eigenvalue weighted by Gasteiger charge is 2.23. The third-order valence-corrected chi connectivity index (χ3v) is 5.76. The minimum atomic E-state index is -0.525. The van der Waals surface area contributed by atoms with Gasteiger partial charge >= 0.3 is 0 Å². The van der Waals surface area contributed by atoms with Crippen LogP contribution in [0.5, 0.6) is 0 Å². The predicted octanol–water partition coefficient (Wildman–Crippen LogP) is 5.67. The van der Waals surface area contributed by atoms with Crippen LogP contribution in [0.15, 0.2) is 47.6 Å². The normalized spacial score (nSPS) is 11.5. The quantitative estimate of drug-likeness (QED) is 0.475. The molecule has 1 N–H and O–H groups in total. The van der Waals surface area contributed by atoms with E-state index in [1.807, 2.05) is 20.8 Å². The van der Waals surface area contributed by atoms with Gasteiger partial charge in [0.15, 0.2) is 11.0 Å². The lowest BCUT2D eigenvalue weighted by Crippen LogP contribution is -2.35. The molecule has 0 fully saturated rings. The number of hydrogen-bond donors (Lipinski definition) is 1. The zero-order valence-corrected chi connectivity index (χ0v) is 19.1. The van der Waals surface area contributed by atoms with Crippen molar-refractivity contribution in [2.75, 3.05) is 0 Å². The van der Waals surface area contributed by atoms with Crippen molar-refractivity contribution in [3.05, 3.63) is 69.7 Å². The molecule has 0 radical (unpaired) electrons. The van der Waals surface area contributed by atoms with E-state index in [4.69, 9.17) is 23.2 Å². The monoisotopic (exact) mass is 466 g/mol. The fourth-order valence-electron chi connectivity index (χ4n) is 2.57. The number of carbonyl (C=O) groups is 1. The van der Waals surface area contributed by atoms with Gasteiger partial charge in [0, 0.05) is 16.2 Å². The molecule has 158 valence electrons. The third-order valence-electron chi connectivity index (χ3n) is 4.22. The Balaban J connectivity index is 1.90. The van der Waals surface area contributed by atoms with Crippen LogP contribution in [0.25, 0.3) is 5.69 Å². The Hall–Kier alpha value is -2.09. The summed E-state index contributed by atoms with van der Waals surface area (Å²) in [7, 11) is 0. The number of nitrogens with one attached hydrogen (secondary N) is 1. The van der Waals surface area contributed by atoms with Gasteiger partial charge in [0.25, 0.3) is 0 Å². The molecular formula is C21H21Cl2FN4OS. The van der Waals surface area contributed by atoms with E-state index in [1.54, 1.807) is 34.9 Å². The van der Waals surface area contributed by atoms with Gasteiger partial charge in [-0.05, 0) is 35.9 Å². The zero-order chi connectivity index (χ0) is 21.9. The van der Waals surface area contributed by atoms with Gasteiger partial charge in [0.2, 0.25) is 5.91 Å². The molecule has 0 saturated carbocycles. The number of amides is 1. The van der Waals surface area contributed by atoms with Gasteiger partial charge in [-0.15, -0.1) is 10.2 Å². The van der Waals surface area contributed by atoms with Crippen LogP contribution in [-0.4, -0.2) is 20.7 Å². The number of halogens is 3. The Bertz CT molecular complexity index is 1050. The summed E-state index contributed by atoms with van der Waals surface area (Å²) in [6.07, 6.45) is 0. The number of nitrogens with zero attached hydrogens (tertiary/aromatic N) is 3. The first kappa shape index (κ1) is 22.6. The Morgan fingerprint density at radius 1 is 1.13 bits per heavy atom. The summed E-state index contributed by atoms with van der Waals surface area (Å²) in [6.45, 7) is 5.71. The summed E-state index contributed by atoms with van der Waals surface area (Å²) in [6, 6.07) is 11.4. The maximum absolute atomic E-state index is 13.2. The number of rotatable bonds is 6. The highest BCUT2D eigenvalue weighted by atomic mass is 35.5. The standard InChI is InChI=1S/C21H21Cl2FN4OS/c1-21(2,3)19(29)25-11-18-26-27-20(30-12-13-4-7-15(24)8-5-13)28(18)17-9-6-14(22)10-16(17)23/h4-10H,11-12H2,1-3H3,(H,25,29). The molecule has 1 heterocycles. The van der Waals surface area contributed by atoms with Crippen LogP contribution < -0.4 is 5.32 Å². The smallest absolute Gasteiger partial charge is 0.225 e. The van der Waals surface area contributed by atoms with Gasteiger partial charge in [-0.25, -0.2) is 4.39 Å². The largest absolute Gasteiger partial charge is 0.348 e. The van der Waals surface area contributed by atoms with E-state index in [0.717, 1.165) is 5.56 Å². The third kappa shape index (κ3) is 5.53. The minimum absolute atomic E-state index is 0.0974. The van der Waals surface area contributed by atoms with Crippen LogP contribution in [0, 0.1) is 11.2 Å². The second-order valence-electron chi connectivity index (χ2n) is 7.68. The molecule has 0 atom stereocenters. The molecule has 0 aliphatic heterocycles. The van der Waals surface area contributed by atoms with Crippen LogP contribution in [0.3, 0.4) is 0 Å². The van der Waals surface area contributed by atoms with E-state index in [-0.39, 0.29) is 18.3 Å². The molecular weight excluding hydrogens is 446 g/mol. The van der Waals surface area contributed by atoms with Crippen molar-refractivity contribution >= 4 is 40.9 Å². The fraction of sp³-hybridized carbons (Fsp3) is 0.286. The highest BCUT2D eigenvalue weighted by molar-refractivity contribution is 7.98. The summed E-state index contributed by atoms with van der Waals surface area (Å²) in [4.78, 5) is 12.3. The van der Waals surface area contributed by atoms with Crippen molar-refractivity contribution in [3.63, 3.8) is 0 Å². The van der Waals surface area contributed by atoms with E-state index >= 15 is 0 Å². The predicted molar refractivity (Wildman–Crippen MR) is 119 cm³/mol. The van der Waals surface area contributed by atoms with Crippen LogP contribution in [0.1, 0.15) is 32.2 Å². The highest BCUT2D eigenvalue weighted by Crippen LogP contribution is 2.31. The SMILES string of the molecule is CC(C)(C)C(=O)NCc1nnc(SCc2ccc(F)cc2)n1-c1ccc(Cl)cc1Cl. The summed E-state index contributed by atoms with van der Waals surface area (Å²) in [5.41, 5.74) is 1.08. The molecule has 3 aromatic rings. The maximum atomic E-state index is 13.2. The molecule has 0 bridgehead atoms. The van der Waals surface area contributed by atoms with Gasteiger partial charge in [-0.2, -0.15) is 0 Å². The van der Waals surface area contributed by atoms with E-state index in [9.17, 15) is 9.18 Å². The molecule has 2 aromatic carbocycles. The van der Waals surface area contributed by atoms with Gasteiger partial charge in [0.1, 0.15) is 5.82 Å². The number of aromatic nitrogens is 3. The average molecular weight is 467 g/mol. The molecule has 0 saturated heterocycles. The van der Waals surface area contributed by atoms with E-state index < -0.39 is 5.41 Å². The zero-order valence-electron chi connectivity index (χ0n) is 16.7. The summed E-state index contributed by atoms with van der Waals surface area (Å²) >= 11 is 13.9. The maximum Gasteiger partial charge on any atom is 0.225 e. The number of benzene rings is 2. The molecule has 1 amide bonds. The molecule has 1 aromatic heterocycles. The number of carbonyl (C=O) groups excluding carboxylic acids is 1. The van der Waals surface area contributed by atoms with Crippen molar-refractivity contribution in [3.8, 4) is 5.69 Å². The average Bonchev–Trinajstić information content (AvgIpc) is 3.07. The molecule has 0 aliphatic rings. The number of hydrogen-bond acceptors (Lipinski definition) is 4. The molecule has 9 heteroatoms. The van der Waals surface area contributed by atoms with Gasteiger partial charge in [0.05, 0.1) is 17.3 Å². The minimum Gasteiger partial charge on any atom is -0.348 e. The summed E-state index contributed by atoms with van der Waals surface area (Å²) < 4.78 is 15.0. The summed E-state index contributed by atoms with van der Waals surface area (Å²) in [5.74, 6) is 0.729. The molecule has 3 rings (SSSR count). The van der Waals surface area contributed by atoms with Gasteiger partial charge in [-0.3, -0.25) is 9.36 Å². The van der Waals surface area contributed by atoms with Crippen LogP contribution >= 0.6 is 35.0 Å². The van der Waals surface area contributed by atoms with Gasteiger partial charge < -0.3 is 5.32 Å². The van der Waals surface area contributed by atoms with Crippen LogP contribution in [0.2, 0.25) is 10.0 Å². The van der Waals surface area contributed by atoms with Crippen LogP contribution in [-0.2, 0) is 17.1 Å². The van der Waals surface area contributed by atoms with Gasteiger partial charge in [-0.1, -0.05) is 67.9 Å². The Morgan fingerprint density at radius 3 is 2.47 bits per heavy atom. The number of thioether (sulfide) groups is 1.